The quantitative estimate of drug-likeness (QED) is 0.627. The molecule has 0 unspecified atom stereocenters. The van der Waals surface area contributed by atoms with Crippen LogP contribution in [0.5, 0.6) is 0 Å². The van der Waals surface area contributed by atoms with Crippen LogP contribution >= 0.6 is 0 Å². The molecular formula is C13H26N2O4. The van der Waals surface area contributed by atoms with Gasteiger partial charge in [0.15, 0.2) is 0 Å². The monoisotopic (exact) mass is 274 g/mol. The van der Waals surface area contributed by atoms with Gasteiger partial charge in [-0.25, -0.2) is 4.79 Å². The van der Waals surface area contributed by atoms with Crippen LogP contribution < -0.4 is 10.6 Å². The lowest BCUT2D eigenvalue weighted by Gasteiger charge is -2.26. The highest BCUT2D eigenvalue weighted by atomic mass is 16.5. The first kappa shape index (κ1) is 17.7. The van der Waals surface area contributed by atoms with Crippen LogP contribution in [0.25, 0.3) is 0 Å². The zero-order valence-corrected chi connectivity index (χ0v) is 12.5. The second-order valence-electron chi connectivity index (χ2n) is 5.84. The summed E-state index contributed by atoms with van der Waals surface area (Å²) in [7, 11) is 0. The first-order chi connectivity index (χ1) is 8.60. The Kier molecular flexibility index (Phi) is 6.83. The lowest BCUT2D eigenvalue weighted by atomic mass is 9.90. The number of carboxylic acid groups (broad SMARTS) is 1. The molecule has 0 bridgehead atoms. The molecule has 0 heterocycles. The fraction of sp³-hybridized carbons (Fsp3) is 0.846. The summed E-state index contributed by atoms with van der Waals surface area (Å²) in [5.41, 5.74) is -1.30. The Balaban J connectivity index is 4.03. The molecule has 6 heteroatoms. The fourth-order valence-electron chi connectivity index (χ4n) is 1.34. The minimum Gasteiger partial charge on any atom is -0.481 e. The van der Waals surface area contributed by atoms with Gasteiger partial charge in [0.1, 0.15) is 0 Å². The SMILES string of the molecule is CCOCC(C)(C)NC(=O)NCCC(C)(C)C(=O)O. The van der Waals surface area contributed by atoms with Gasteiger partial charge in [0, 0.05) is 13.2 Å². The molecule has 0 atom stereocenters. The van der Waals surface area contributed by atoms with Gasteiger partial charge in [-0.05, 0) is 41.0 Å². The second kappa shape index (κ2) is 7.33. The average Bonchev–Trinajstić information content (AvgIpc) is 2.25. The van der Waals surface area contributed by atoms with Gasteiger partial charge >= 0.3 is 12.0 Å². The van der Waals surface area contributed by atoms with Gasteiger partial charge < -0.3 is 20.5 Å². The third-order valence-corrected chi connectivity index (χ3v) is 2.73. The van der Waals surface area contributed by atoms with Gasteiger partial charge in [-0.15, -0.1) is 0 Å². The highest BCUT2D eigenvalue weighted by Crippen LogP contribution is 2.19. The number of hydrogen-bond acceptors (Lipinski definition) is 3. The fourth-order valence-corrected chi connectivity index (χ4v) is 1.34. The Morgan fingerprint density at radius 2 is 1.79 bits per heavy atom. The van der Waals surface area contributed by atoms with Crippen molar-refractivity contribution in [2.75, 3.05) is 19.8 Å². The zero-order chi connectivity index (χ0) is 15.1. The number of nitrogens with one attached hydrogen (secondary N) is 2. The summed E-state index contributed by atoms with van der Waals surface area (Å²) >= 11 is 0. The predicted molar refractivity (Wildman–Crippen MR) is 73.1 cm³/mol. The average molecular weight is 274 g/mol. The van der Waals surface area contributed by atoms with Gasteiger partial charge in [-0.3, -0.25) is 4.79 Å². The molecule has 0 aromatic rings. The van der Waals surface area contributed by atoms with Crippen LogP contribution in [0.15, 0.2) is 0 Å². The summed E-state index contributed by atoms with van der Waals surface area (Å²) in [5, 5.41) is 14.4. The maximum Gasteiger partial charge on any atom is 0.315 e. The molecule has 0 aliphatic rings. The minimum absolute atomic E-state index is 0.314. The molecule has 0 saturated carbocycles. The normalized spacial score (nSPS) is 12.1. The van der Waals surface area contributed by atoms with Crippen LogP contribution in [-0.2, 0) is 9.53 Å². The van der Waals surface area contributed by atoms with E-state index in [0.717, 1.165) is 0 Å². The van der Waals surface area contributed by atoms with Crippen molar-refractivity contribution in [1.82, 2.24) is 10.6 Å². The second-order valence-corrected chi connectivity index (χ2v) is 5.84. The molecule has 19 heavy (non-hydrogen) atoms. The van der Waals surface area contributed by atoms with Gasteiger partial charge in [-0.2, -0.15) is 0 Å². The number of urea groups is 1. The van der Waals surface area contributed by atoms with Crippen LogP contribution in [0.2, 0.25) is 0 Å². The predicted octanol–water partition coefficient (Wildman–Crippen LogP) is 1.60. The van der Waals surface area contributed by atoms with Gasteiger partial charge in [0.25, 0.3) is 0 Å². The van der Waals surface area contributed by atoms with E-state index in [9.17, 15) is 9.59 Å². The Morgan fingerprint density at radius 1 is 1.21 bits per heavy atom. The minimum atomic E-state index is -0.869. The maximum absolute atomic E-state index is 11.7. The van der Waals surface area contributed by atoms with Crippen molar-refractivity contribution in [3.05, 3.63) is 0 Å². The molecule has 3 N–H and O–H groups in total. The highest BCUT2D eigenvalue weighted by molar-refractivity contribution is 5.75. The van der Waals surface area contributed by atoms with E-state index in [1.165, 1.54) is 0 Å². The van der Waals surface area contributed by atoms with Crippen molar-refractivity contribution in [2.45, 2.75) is 46.6 Å². The van der Waals surface area contributed by atoms with E-state index in [-0.39, 0.29) is 6.03 Å². The van der Waals surface area contributed by atoms with Crippen molar-refractivity contribution >= 4 is 12.0 Å². The molecule has 0 saturated heterocycles. The van der Waals surface area contributed by atoms with Crippen LogP contribution in [0.4, 0.5) is 4.79 Å². The molecule has 2 amide bonds. The number of rotatable bonds is 8. The number of amides is 2. The van der Waals surface area contributed by atoms with E-state index < -0.39 is 16.9 Å². The standard InChI is InChI=1S/C13H26N2O4/c1-6-19-9-13(4,5)15-11(18)14-8-7-12(2,3)10(16)17/h6-9H2,1-5H3,(H,16,17)(H2,14,15,18). The molecule has 0 aliphatic heterocycles. The number of aliphatic carboxylic acids is 1. The number of carbonyl (C=O) groups is 2. The Hall–Kier alpha value is -1.30. The van der Waals surface area contributed by atoms with Crippen LogP contribution in [0.1, 0.15) is 41.0 Å². The van der Waals surface area contributed by atoms with Crippen molar-refractivity contribution in [3.8, 4) is 0 Å². The zero-order valence-electron chi connectivity index (χ0n) is 12.5. The van der Waals surface area contributed by atoms with Crippen molar-refractivity contribution in [3.63, 3.8) is 0 Å². The van der Waals surface area contributed by atoms with Gasteiger partial charge in [0.05, 0.1) is 17.6 Å². The molecule has 6 nitrogen and oxygen atoms in total. The molecular weight excluding hydrogens is 248 g/mol. The van der Waals surface area contributed by atoms with Crippen molar-refractivity contribution < 1.29 is 19.4 Å². The molecule has 0 rings (SSSR count). The summed E-state index contributed by atoms with van der Waals surface area (Å²) in [4.78, 5) is 22.6. The molecule has 0 aromatic heterocycles. The molecule has 0 aromatic carbocycles. The van der Waals surface area contributed by atoms with Crippen molar-refractivity contribution in [2.24, 2.45) is 5.41 Å². The summed E-state index contributed by atoms with van der Waals surface area (Å²) in [6.45, 7) is 10.2. The molecule has 0 fully saturated rings. The molecule has 0 spiro atoms. The van der Waals surface area contributed by atoms with E-state index >= 15 is 0 Å². The van der Waals surface area contributed by atoms with E-state index in [1.54, 1.807) is 13.8 Å². The largest absolute Gasteiger partial charge is 0.481 e. The summed E-state index contributed by atoms with van der Waals surface area (Å²) in [5.74, 6) is -0.869. The number of ether oxygens (including phenoxy) is 1. The third-order valence-electron chi connectivity index (χ3n) is 2.73. The van der Waals surface area contributed by atoms with Crippen LogP contribution in [-0.4, -0.2) is 42.4 Å². The number of carboxylic acids is 1. The lowest BCUT2D eigenvalue weighted by Crippen LogP contribution is -2.51. The topological polar surface area (TPSA) is 87.7 Å². The maximum atomic E-state index is 11.7. The van der Waals surface area contributed by atoms with E-state index in [1.807, 2.05) is 20.8 Å². The number of carbonyl (C=O) groups excluding carboxylic acids is 1. The molecule has 0 aliphatic carbocycles. The summed E-state index contributed by atoms with van der Waals surface area (Å²) in [6.07, 6.45) is 0.377. The van der Waals surface area contributed by atoms with Crippen LogP contribution in [0.3, 0.4) is 0 Å². The molecule has 112 valence electrons. The first-order valence-corrected chi connectivity index (χ1v) is 6.48. The van der Waals surface area contributed by atoms with Gasteiger partial charge in [0.2, 0.25) is 0 Å². The Labute approximate surface area is 114 Å². The highest BCUT2D eigenvalue weighted by Gasteiger charge is 2.27. The third kappa shape index (κ3) is 7.66. The smallest absolute Gasteiger partial charge is 0.315 e. The Bertz CT molecular complexity index is 314. The first-order valence-electron chi connectivity index (χ1n) is 6.48. The summed E-state index contributed by atoms with van der Waals surface area (Å²) in [6, 6.07) is -0.314. The lowest BCUT2D eigenvalue weighted by molar-refractivity contribution is -0.147. The van der Waals surface area contributed by atoms with E-state index in [4.69, 9.17) is 9.84 Å². The van der Waals surface area contributed by atoms with Crippen LogP contribution in [0, 0.1) is 5.41 Å². The molecule has 0 radical (unpaired) electrons. The Morgan fingerprint density at radius 3 is 2.26 bits per heavy atom. The van der Waals surface area contributed by atoms with Crippen molar-refractivity contribution in [1.29, 1.82) is 0 Å². The van der Waals surface area contributed by atoms with E-state index in [2.05, 4.69) is 10.6 Å². The van der Waals surface area contributed by atoms with Gasteiger partial charge in [-0.1, -0.05) is 0 Å². The number of hydrogen-bond donors (Lipinski definition) is 3. The summed E-state index contributed by atoms with van der Waals surface area (Å²) < 4.78 is 5.27. The van der Waals surface area contributed by atoms with E-state index in [0.29, 0.717) is 26.2 Å².